The lowest BCUT2D eigenvalue weighted by Crippen LogP contribution is -2.49. The number of hydrogen-bond acceptors (Lipinski definition) is 7. The Labute approximate surface area is 151 Å². The molecule has 1 aliphatic rings. The van der Waals surface area contributed by atoms with Gasteiger partial charge in [-0.3, -0.25) is 9.59 Å². The van der Waals surface area contributed by atoms with E-state index in [0.717, 1.165) is 0 Å². The van der Waals surface area contributed by atoms with Crippen molar-refractivity contribution >= 4 is 17.6 Å². The van der Waals surface area contributed by atoms with Gasteiger partial charge >= 0.3 is 0 Å². The Morgan fingerprint density at radius 1 is 1.27 bits per heavy atom. The zero-order valence-electron chi connectivity index (χ0n) is 14.6. The van der Waals surface area contributed by atoms with Gasteiger partial charge in [0.25, 0.3) is 11.8 Å². The van der Waals surface area contributed by atoms with Crippen molar-refractivity contribution in [2.45, 2.75) is 0 Å². The van der Waals surface area contributed by atoms with Crippen LogP contribution in [0.3, 0.4) is 0 Å². The molecule has 9 nitrogen and oxygen atoms in total. The highest BCUT2D eigenvalue weighted by Gasteiger charge is 2.24. The molecule has 1 aliphatic heterocycles. The predicted molar refractivity (Wildman–Crippen MR) is 93.1 cm³/mol. The van der Waals surface area contributed by atoms with Crippen LogP contribution in [0.2, 0.25) is 0 Å². The zero-order valence-corrected chi connectivity index (χ0v) is 14.6. The number of hydrogen-bond donors (Lipinski definition) is 1. The van der Waals surface area contributed by atoms with Crippen LogP contribution in [0.4, 0.5) is 5.82 Å². The van der Waals surface area contributed by atoms with Crippen LogP contribution in [-0.4, -0.2) is 73.1 Å². The summed E-state index contributed by atoms with van der Waals surface area (Å²) in [7, 11) is 1.57. The highest BCUT2D eigenvalue weighted by molar-refractivity contribution is 5.93. The molecule has 0 aromatic carbocycles. The first-order valence-corrected chi connectivity index (χ1v) is 8.36. The van der Waals surface area contributed by atoms with Gasteiger partial charge in [-0.1, -0.05) is 0 Å². The summed E-state index contributed by atoms with van der Waals surface area (Å²) in [4.78, 5) is 36.4. The molecule has 1 saturated heterocycles. The number of amides is 2. The van der Waals surface area contributed by atoms with Gasteiger partial charge in [0.15, 0.2) is 5.76 Å². The van der Waals surface area contributed by atoms with Crippen molar-refractivity contribution in [2.24, 2.45) is 0 Å². The van der Waals surface area contributed by atoms with Crippen LogP contribution in [-0.2, 0) is 4.74 Å². The lowest BCUT2D eigenvalue weighted by molar-refractivity contribution is 0.0714. The molecule has 2 amide bonds. The predicted octanol–water partition coefficient (Wildman–Crippen LogP) is 0.408. The van der Waals surface area contributed by atoms with Crippen LogP contribution in [0.1, 0.15) is 21.0 Å². The second-order valence-corrected chi connectivity index (χ2v) is 5.77. The highest BCUT2D eigenvalue weighted by Crippen LogP contribution is 2.15. The van der Waals surface area contributed by atoms with Gasteiger partial charge in [-0.15, -0.1) is 0 Å². The maximum atomic E-state index is 12.3. The molecule has 0 radical (unpaired) electrons. The number of anilines is 1. The van der Waals surface area contributed by atoms with Gasteiger partial charge in [-0.25, -0.2) is 9.97 Å². The molecule has 3 rings (SSSR count). The number of nitrogens with one attached hydrogen (secondary N) is 1. The molecule has 3 heterocycles. The van der Waals surface area contributed by atoms with Crippen LogP contribution in [0.15, 0.2) is 35.2 Å². The SMILES string of the molecule is COCCNC(=O)c1cc(N2CCN(C(=O)c3ccco3)CC2)ncn1. The summed E-state index contributed by atoms with van der Waals surface area (Å²) in [5.74, 6) is 0.630. The van der Waals surface area contributed by atoms with Crippen molar-refractivity contribution in [3.05, 3.63) is 42.2 Å². The van der Waals surface area contributed by atoms with E-state index >= 15 is 0 Å². The standard InChI is InChI=1S/C17H21N5O4/c1-25-10-4-18-16(23)13-11-15(20-12-19-13)21-5-7-22(8-6-21)17(24)14-3-2-9-26-14/h2-3,9,11-12H,4-8,10H2,1H3,(H,18,23). The molecule has 2 aromatic rings. The number of furan rings is 1. The normalized spacial score (nSPS) is 14.3. The van der Waals surface area contributed by atoms with Gasteiger partial charge in [0, 0.05) is 45.9 Å². The molecule has 0 spiro atoms. The number of methoxy groups -OCH3 is 1. The number of piperazine rings is 1. The average Bonchev–Trinajstić information content (AvgIpc) is 3.22. The van der Waals surface area contributed by atoms with Crippen LogP contribution < -0.4 is 10.2 Å². The van der Waals surface area contributed by atoms with Crippen molar-refractivity contribution in [1.82, 2.24) is 20.2 Å². The molecule has 2 aromatic heterocycles. The Balaban J connectivity index is 1.58. The molecule has 1 N–H and O–H groups in total. The minimum atomic E-state index is -0.266. The van der Waals surface area contributed by atoms with Crippen LogP contribution in [0.5, 0.6) is 0 Å². The minimum absolute atomic E-state index is 0.115. The average molecular weight is 359 g/mol. The first kappa shape index (κ1) is 17.9. The maximum absolute atomic E-state index is 12.3. The number of aromatic nitrogens is 2. The van der Waals surface area contributed by atoms with Crippen molar-refractivity contribution in [1.29, 1.82) is 0 Å². The van der Waals surface area contributed by atoms with Gasteiger partial charge in [0.05, 0.1) is 12.9 Å². The quantitative estimate of drug-likeness (QED) is 0.746. The second kappa shape index (κ2) is 8.43. The minimum Gasteiger partial charge on any atom is -0.459 e. The third-order valence-electron chi connectivity index (χ3n) is 4.10. The Kier molecular flexibility index (Phi) is 5.80. The van der Waals surface area contributed by atoms with Gasteiger partial charge in [0.2, 0.25) is 0 Å². The van der Waals surface area contributed by atoms with Gasteiger partial charge < -0.3 is 24.3 Å². The topological polar surface area (TPSA) is 101 Å². The third kappa shape index (κ3) is 4.17. The molecule has 138 valence electrons. The Morgan fingerprint density at radius 2 is 2.08 bits per heavy atom. The Bertz CT molecular complexity index is 741. The summed E-state index contributed by atoms with van der Waals surface area (Å²) in [5, 5.41) is 2.73. The highest BCUT2D eigenvalue weighted by atomic mass is 16.5. The summed E-state index contributed by atoms with van der Waals surface area (Å²) < 4.78 is 10.1. The van der Waals surface area contributed by atoms with Crippen LogP contribution in [0, 0.1) is 0 Å². The fourth-order valence-electron chi connectivity index (χ4n) is 2.70. The van der Waals surface area contributed by atoms with Crippen LogP contribution >= 0.6 is 0 Å². The summed E-state index contributed by atoms with van der Waals surface area (Å²) >= 11 is 0. The molecule has 0 saturated carbocycles. The fraction of sp³-hybridized carbons (Fsp3) is 0.412. The fourth-order valence-corrected chi connectivity index (χ4v) is 2.70. The number of rotatable bonds is 6. The van der Waals surface area contributed by atoms with Crippen molar-refractivity contribution in [2.75, 3.05) is 51.3 Å². The molecular formula is C17H21N5O4. The number of carbonyl (C=O) groups is 2. The molecular weight excluding hydrogens is 338 g/mol. The molecule has 0 unspecified atom stereocenters. The lowest BCUT2D eigenvalue weighted by Gasteiger charge is -2.35. The number of ether oxygens (including phenoxy) is 1. The van der Waals surface area contributed by atoms with E-state index in [-0.39, 0.29) is 11.8 Å². The molecule has 0 bridgehead atoms. The summed E-state index contributed by atoms with van der Waals surface area (Å²) in [6.45, 7) is 3.21. The number of carbonyl (C=O) groups excluding carboxylic acids is 2. The van der Waals surface area contributed by atoms with Crippen LogP contribution in [0.25, 0.3) is 0 Å². The first-order valence-electron chi connectivity index (χ1n) is 8.36. The van der Waals surface area contributed by atoms with E-state index in [0.29, 0.717) is 56.6 Å². The summed E-state index contributed by atoms with van der Waals surface area (Å²) in [6, 6.07) is 5.02. The lowest BCUT2D eigenvalue weighted by atomic mass is 10.2. The Hall–Kier alpha value is -2.94. The van der Waals surface area contributed by atoms with E-state index < -0.39 is 0 Å². The summed E-state index contributed by atoms with van der Waals surface area (Å²) in [6.07, 6.45) is 2.87. The molecule has 26 heavy (non-hydrogen) atoms. The van der Waals surface area contributed by atoms with Gasteiger partial charge in [-0.2, -0.15) is 0 Å². The monoisotopic (exact) mass is 359 g/mol. The van der Waals surface area contributed by atoms with Crippen molar-refractivity contribution in [3.63, 3.8) is 0 Å². The zero-order chi connectivity index (χ0) is 18.4. The smallest absolute Gasteiger partial charge is 0.289 e. The third-order valence-corrected chi connectivity index (χ3v) is 4.10. The maximum Gasteiger partial charge on any atom is 0.289 e. The van der Waals surface area contributed by atoms with E-state index in [9.17, 15) is 9.59 Å². The molecule has 0 atom stereocenters. The van der Waals surface area contributed by atoms with E-state index in [1.54, 1.807) is 30.2 Å². The molecule has 9 heteroatoms. The van der Waals surface area contributed by atoms with E-state index in [4.69, 9.17) is 9.15 Å². The summed E-state index contributed by atoms with van der Waals surface area (Å²) in [5.41, 5.74) is 0.306. The second-order valence-electron chi connectivity index (χ2n) is 5.77. The van der Waals surface area contributed by atoms with Crippen molar-refractivity contribution in [3.8, 4) is 0 Å². The molecule has 0 aliphatic carbocycles. The largest absolute Gasteiger partial charge is 0.459 e. The number of nitrogens with zero attached hydrogens (tertiary/aromatic N) is 4. The van der Waals surface area contributed by atoms with E-state index in [2.05, 4.69) is 15.3 Å². The Morgan fingerprint density at radius 3 is 2.77 bits per heavy atom. The van der Waals surface area contributed by atoms with E-state index in [1.807, 2.05) is 4.90 Å². The van der Waals surface area contributed by atoms with Crippen molar-refractivity contribution < 1.29 is 18.7 Å². The van der Waals surface area contributed by atoms with E-state index in [1.165, 1.54) is 12.6 Å². The van der Waals surface area contributed by atoms with Gasteiger partial charge in [0.1, 0.15) is 17.8 Å². The first-order chi connectivity index (χ1) is 12.7. The van der Waals surface area contributed by atoms with Gasteiger partial charge in [-0.05, 0) is 12.1 Å². The molecule has 1 fully saturated rings.